The molecule has 2 aliphatic rings. The van der Waals surface area contributed by atoms with Crippen LogP contribution in [0.5, 0.6) is 0 Å². The summed E-state index contributed by atoms with van der Waals surface area (Å²) in [5.41, 5.74) is 2.34. The number of aliphatic hydroxyl groups is 1. The zero-order valence-corrected chi connectivity index (χ0v) is 15.6. The van der Waals surface area contributed by atoms with Gasteiger partial charge in [-0.15, -0.1) is 0 Å². The van der Waals surface area contributed by atoms with E-state index in [1.54, 1.807) is 40.2 Å². The van der Waals surface area contributed by atoms with Gasteiger partial charge in [-0.3, -0.25) is 0 Å². The lowest BCUT2D eigenvalue weighted by molar-refractivity contribution is 0.0604. The SMILES string of the molecule is O[C@H]1C2Nc3nc(-c4nn(Cc5ccccc5F)c5ncccc45)ncc3N1CO2. The molecule has 30 heavy (non-hydrogen) atoms. The molecule has 3 aromatic heterocycles. The van der Waals surface area contributed by atoms with E-state index in [2.05, 4.69) is 25.4 Å². The highest BCUT2D eigenvalue weighted by atomic mass is 19.1. The summed E-state index contributed by atoms with van der Waals surface area (Å²) in [6, 6.07) is 10.3. The van der Waals surface area contributed by atoms with Crippen LogP contribution in [0.15, 0.2) is 48.8 Å². The summed E-state index contributed by atoms with van der Waals surface area (Å²) in [5, 5.41) is 18.7. The van der Waals surface area contributed by atoms with E-state index in [0.717, 1.165) is 5.39 Å². The summed E-state index contributed by atoms with van der Waals surface area (Å²) in [6.45, 7) is 0.498. The molecule has 2 atom stereocenters. The van der Waals surface area contributed by atoms with Gasteiger partial charge in [0.05, 0.1) is 18.1 Å². The lowest BCUT2D eigenvalue weighted by atomic mass is 10.2. The minimum atomic E-state index is -0.781. The Morgan fingerprint density at radius 2 is 2.10 bits per heavy atom. The van der Waals surface area contributed by atoms with Gasteiger partial charge in [0.2, 0.25) is 0 Å². The normalized spacial score (nSPS) is 19.7. The molecule has 9 nitrogen and oxygen atoms in total. The van der Waals surface area contributed by atoms with Gasteiger partial charge in [0.25, 0.3) is 0 Å². The van der Waals surface area contributed by atoms with Gasteiger partial charge in [0.15, 0.2) is 29.7 Å². The van der Waals surface area contributed by atoms with E-state index in [0.29, 0.717) is 34.2 Å². The van der Waals surface area contributed by atoms with Gasteiger partial charge in [-0.1, -0.05) is 18.2 Å². The van der Waals surface area contributed by atoms with Crippen molar-refractivity contribution in [2.75, 3.05) is 16.9 Å². The maximum atomic E-state index is 14.2. The van der Waals surface area contributed by atoms with Crippen molar-refractivity contribution in [3.63, 3.8) is 0 Å². The monoisotopic (exact) mass is 405 g/mol. The Hall–Kier alpha value is -3.63. The minimum Gasteiger partial charge on any atom is -0.369 e. The van der Waals surface area contributed by atoms with Crippen molar-refractivity contribution in [1.29, 1.82) is 0 Å². The predicted molar refractivity (Wildman–Crippen MR) is 106 cm³/mol. The maximum Gasteiger partial charge on any atom is 0.182 e. The number of nitrogens with one attached hydrogen (secondary N) is 1. The van der Waals surface area contributed by atoms with Crippen LogP contribution in [0.25, 0.3) is 22.6 Å². The van der Waals surface area contributed by atoms with Gasteiger partial charge < -0.3 is 20.1 Å². The molecule has 5 heterocycles. The number of aromatic nitrogens is 5. The van der Waals surface area contributed by atoms with E-state index in [-0.39, 0.29) is 19.1 Å². The van der Waals surface area contributed by atoms with E-state index in [9.17, 15) is 9.50 Å². The quantitative estimate of drug-likeness (QED) is 0.533. The molecule has 10 heteroatoms. The Balaban J connectivity index is 1.45. The van der Waals surface area contributed by atoms with Gasteiger partial charge in [0, 0.05) is 11.8 Å². The molecule has 1 fully saturated rings. The first kappa shape index (κ1) is 17.2. The Morgan fingerprint density at radius 1 is 1.20 bits per heavy atom. The number of rotatable bonds is 3. The van der Waals surface area contributed by atoms with Crippen LogP contribution in [0, 0.1) is 5.82 Å². The molecular weight excluding hydrogens is 389 g/mol. The van der Waals surface area contributed by atoms with Crippen molar-refractivity contribution in [2.45, 2.75) is 19.0 Å². The van der Waals surface area contributed by atoms with Crippen molar-refractivity contribution in [3.05, 3.63) is 60.2 Å². The van der Waals surface area contributed by atoms with Crippen LogP contribution >= 0.6 is 0 Å². The van der Waals surface area contributed by atoms with Crippen LogP contribution in [0.1, 0.15) is 5.56 Å². The number of benzene rings is 1. The number of nitrogens with zero attached hydrogens (tertiary/aromatic N) is 6. The second-order valence-electron chi connectivity index (χ2n) is 7.14. The van der Waals surface area contributed by atoms with E-state index >= 15 is 0 Å². The van der Waals surface area contributed by atoms with E-state index < -0.39 is 12.5 Å². The second-order valence-corrected chi connectivity index (χ2v) is 7.14. The molecule has 2 aliphatic heterocycles. The third-order valence-electron chi connectivity index (χ3n) is 5.34. The van der Waals surface area contributed by atoms with Crippen molar-refractivity contribution in [2.24, 2.45) is 0 Å². The van der Waals surface area contributed by atoms with Crippen LogP contribution in [0.3, 0.4) is 0 Å². The summed E-state index contributed by atoms with van der Waals surface area (Å²) in [7, 11) is 0. The van der Waals surface area contributed by atoms with Crippen molar-refractivity contribution in [1.82, 2.24) is 24.7 Å². The van der Waals surface area contributed by atoms with Gasteiger partial charge in [-0.05, 0) is 18.2 Å². The van der Waals surface area contributed by atoms with E-state index in [4.69, 9.17) is 4.74 Å². The fourth-order valence-corrected chi connectivity index (χ4v) is 3.83. The number of pyridine rings is 1. The molecule has 0 spiro atoms. The average molecular weight is 405 g/mol. The highest BCUT2D eigenvalue weighted by Crippen LogP contribution is 2.37. The number of halogens is 1. The van der Waals surface area contributed by atoms with Crippen molar-refractivity contribution < 1.29 is 14.2 Å². The number of fused-ring (bicyclic) bond motifs is 5. The summed E-state index contributed by atoms with van der Waals surface area (Å²) in [6.07, 6.45) is 1.98. The number of aliphatic hydroxyl groups excluding tert-OH is 1. The summed E-state index contributed by atoms with van der Waals surface area (Å²) in [5.74, 6) is 0.674. The molecule has 0 amide bonds. The molecule has 2 N–H and O–H groups in total. The third-order valence-corrected chi connectivity index (χ3v) is 5.34. The maximum absolute atomic E-state index is 14.2. The first-order valence-corrected chi connectivity index (χ1v) is 9.44. The topological polar surface area (TPSA) is 101 Å². The fourth-order valence-electron chi connectivity index (χ4n) is 3.83. The molecule has 150 valence electrons. The molecule has 0 saturated carbocycles. The Morgan fingerprint density at radius 3 is 3.00 bits per heavy atom. The van der Waals surface area contributed by atoms with Crippen molar-refractivity contribution in [3.8, 4) is 11.5 Å². The van der Waals surface area contributed by atoms with Crippen LogP contribution in [0.2, 0.25) is 0 Å². The van der Waals surface area contributed by atoms with E-state index in [1.807, 2.05) is 12.1 Å². The molecule has 0 aliphatic carbocycles. The van der Waals surface area contributed by atoms with Gasteiger partial charge in [-0.25, -0.2) is 24.0 Å². The standard InChI is InChI=1S/C20H16FN7O2/c21-13-6-2-1-4-11(13)9-28-18-12(5-3-7-22-18)15(26-28)17-23-8-14-16(24-17)25-19-20(29)27(14)10-30-19/h1-8,19-20,29H,9-10H2,(H,23,24,25)/t19?,20-/m0/s1. The molecule has 0 radical (unpaired) electrons. The smallest absolute Gasteiger partial charge is 0.182 e. The number of hydrogen-bond donors (Lipinski definition) is 2. The fraction of sp³-hybridized carbons (Fsp3) is 0.200. The first-order chi connectivity index (χ1) is 14.7. The minimum absolute atomic E-state index is 0.235. The predicted octanol–water partition coefficient (Wildman–Crippen LogP) is 1.94. The Kier molecular flexibility index (Phi) is 3.70. The lowest BCUT2D eigenvalue weighted by Crippen LogP contribution is -2.43. The van der Waals surface area contributed by atoms with Crippen LogP contribution in [0.4, 0.5) is 15.9 Å². The number of ether oxygens (including phenoxy) is 1. The summed E-state index contributed by atoms with van der Waals surface area (Å²) < 4.78 is 21.3. The van der Waals surface area contributed by atoms with Gasteiger partial charge in [-0.2, -0.15) is 5.10 Å². The van der Waals surface area contributed by atoms with Crippen LogP contribution in [-0.4, -0.2) is 49.0 Å². The number of hydrogen-bond acceptors (Lipinski definition) is 8. The highest BCUT2D eigenvalue weighted by molar-refractivity contribution is 5.89. The zero-order valence-electron chi connectivity index (χ0n) is 15.6. The van der Waals surface area contributed by atoms with Crippen molar-refractivity contribution >= 4 is 22.5 Å². The highest BCUT2D eigenvalue weighted by Gasteiger charge is 2.40. The average Bonchev–Trinajstić information content (AvgIpc) is 3.23. The largest absolute Gasteiger partial charge is 0.369 e. The molecule has 2 bridgehead atoms. The molecule has 1 saturated heterocycles. The molecule has 1 unspecified atom stereocenters. The first-order valence-electron chi connectivity index (χ1n) is 9.44. The third kappa shape index (κ3) is 2.54. The lowest BCUT2D eigenvalue weighted by Gasteiger charge is -2.29. The summed E-state index contributed by atoms with van der Waals surface area (Å²) in [4.78, 5) is 15.2. The van der Waals surface area contributed by atoms with E-state index in [1.165, 1.54) is 6.07 Å². The second kappa shape index (κ2) is 6.44. The van der Waals surface area contributed by atoms with Gasteiger partial charge >= 0.3 is 0 Å². The van der Waals surface area contributed by atoms with Gasteiger partial charge in [0.1, 0.15) is 23.9 Å². The number of anilines is 2. The Labute approximate surface area is 169 Å². The molecule has 4 aromatic rings. The van der Waals surface area contributed by atoms with Crippen LogP contribution < -0.4 is 10.2 Å². The summed E-state index contributed by atoms with van der Waals surface area (Å²) >= 11 is 0. The molecule has 1 aromatic carbocycles. The van der Waals surface area contributed by atoms with Crippen LogP contribution in [-0.2, 0) is 11.3 Å². The zero-order chi connectivity index (χ0) is 20.2. The molecule has 6 rings (SSSR count). The Bertz CT molecular complexity index is 1280. The molecular formula is C20H16FN7O2.